The maximum absolute atomic E-state index is 6.27. The van der Waals surface area contributed by atoms with E-state index in [2.05, 4.69) is 31.0 Å². The van der Waals surface area contributed by atoms with Crippen LogP contribution in [-0.4, -0.2) is 26.3 Å². The molecule has 2 rings (SSSR count). The third-order valence-corrected chi connectivity index (χ3v) is 3.52. The normalized spacial score (nSPS) is 17.4. The van der Waals surface area contributed by atoms with E-state index in [9.17, 15) is 0 Å². The fourth-order valence-corrected chi connectivity index (χ4v) is 2.54. The van der Waals surface area contributed by atoms with E-state index in [4.69, 9.17) is 16.3 Å². The molecular weight excluding hydrogens is 222 g/mol. The van der Waals surface area contributed by atoms with Gasteiger partial charge in [0.05, 0.1) is 10.7 Å². The molecule has 1 aliphatic rings. The molecule has 0 aromatic heterocycles. The van der Waals surface area contributed by atoms with Gasteiger partial charge < -0.3 is 9.64 Å². The van der Waals surface area contributed by atoms with Crippen LogP contribution in [-0.2, 0) is 4.74 Å². The Hall–Kier alpha value is -0.730. The second kappa shape index (κ2) is 5.07. The van der Waals surface area contributed by atoms with Crippen molar-refractivity contribution in [1.29, 1.82) is 0 Å². The number of hydrogen-bond acceptors (Lipinski definition) is 2. The van der Waals surface area contributed by atoms with Gasteiger partial charge >= 0.3 is 0 Å². The first-order valence-electron chi connectivity index (χ1n) is 5.75. The average Bonchev–Trinajstić information content (AvgIpc) is 2.29. The molecule has 1 aliphatic heterocycles. The molecule has 88 valence electrons. The molecule has 16 heavy (non-hydrogen) atoms. The minimum Gasteiger partial charge on any atom is -0.381 e. The van der Waals surface area contributed by atoms with Crippen molar-refractivity contribution >= 4 is 17.3 Å². The number of rotatable bonds is 2. The number of hydrogen-bond donors (Lipinski definition) is 0. The van der Waals surface area contributed by atoms with Crippen molar-refractivity contribution in [3.8, 4) is 0 Å². The van der Waals surface area contributed by atoms with Crippen LogP contribution in [0.4, 0.5) is 5.69 Å². The minimum absolute atomic E-state index is 0.550. The second-order valence-corrected chi connectivity index (χ2v) is 4.82. The van der Waals surface area contributed by atoms with Gasteiger partial charge in [-0.1, -0.05) is 17.7 Å². The van der Waals surface area contributed by atoms with Gasteiger partial charge in [0, 0.05) is 26.3 Å². The van der Waals surface area contributed by atoms with Crippen LogP contribution in [0.5, 0.6) is 0 Å². The van der Waals surface area contributed by atoms with Gasteiger partial charge in [-0.25, -0.2) is 0 Å². The van der Waals surface area contributed by atoms with E-state index in [1.54, 1.807) is 0 Å². The molecule has 0 aliphatic carbocycles. The van der Waals surface area contributed by atoms with Crippen molar-refractivity contribution in [3.05, 3.63) is 28.8 Å². The summed E-state index contributed by atoms with van der Waals surface area (Å²) in [6.45, 7) is 3.78. The number of aryl methyl sites for hydroxylation is 1. The summed E-state index contributed by atoms with van der Waals surface area (Å²) in [4.78, 5) is 2.28. The fourth-order valence-electron chi connectivity index (χ4n) is 2.17. The zero-order valence-corrected chi connectivity index (χ0v) is 10.6. The van der Waals surface area contributed by atoms with Crippen molar-refractivity contribution < 1.29 is 4.74 Å². The van der Waals surface area contributed by atoms with Gasteiger partial charge in [-0.05, 0) is 37.5 Å². The molecule has 1 aromatic rings. The molecule has 0 spiro atoms. The highest BCUT2D eigenvalue weighted by atomic mass is 35.5. The summed E-state index contributed by atoms with van der Waals surface area (Å²) in [5.74, 6) is 0. The topological polar surface area (TPSA) is 12.5 Å². The summed E-state index contributed by atoms with van der Waals surface area (Å²) in [6.07, 6.45) is 2.17. The Morgan fingerprint density at radius 1 is 1.31 bits per heavy atom. The van der Waals surface area contributed by atoms with Crippen molar-refractivity contribution in [2.45, 2.75) is 25.8 Å². The van der Waals surface area contributed by atoms with Crippen LogP contribution in [0, 0.1) is 6.92 Å². The monoisotopic (exact) mass is 239 g/mol. The number of ether oxygens (including phenoxy) is 1. The zero-order valence-electron chi connectivity index (χ0n) is 9.87. The Labute approximate surface area is 102 Å². The largest absolute Gasteiger partial charge is 0.381 e. The van der Waals surface area contributed by atoms with Crippen LogP contribution in [0.3, 0.4) is 0 Å². The molecule has 1 aromatic carbocycles. The predicted octanol–water partition coefficient (Wildman–Crippen LogP) is 3.26. The molecule has 0 atom stereocenters. The van der Waals surface area contributed by atoms with Crippen LogP contribution in [0.1, 0.15) is 18.4 Å². The van der Waals surface area contributed by atoms with Gasteiger partial charge in [-0.3, -0.25) is 0 Å². The van der Waals surface area contributed by atoms with Crippen LogP contribution < -0.4 is 4.90 Å². The summed E-state index contributed by atoms with van der Waals surface area (Å²) in [6, 6.07) is 6.78. The highest BCUT2D eigenvalue weighted by molar-refractivity contribution is 6.33. The Morgan fingerprint density at radius 2 is 2.00 bits per heavy atom. The van der Waals surface area contributed by atoms with E-state index in [-0.39, 0.29) is 0 Å². The maximum Gasteiger partial charge on any atom is 0.0642 e. The molecule has 0 saturated carbocycles. The summed E-state index contributed by atoms with van der Waals surface area (Å²) >= 11 is 6.27. The van der Waals surface area contributed by atoms with E-state index < -0.39 is 0 Å². The van der Waals surface area contributed by atoms with Gasteiger partial charge in [0.15, 0.2) is 0 Å². The molecule has 0 bridgehead atoms. The van der Waals surface area contributed by atoms with Crippen molar-refractivity contribution in [1.82, 2.24) is 0 Å². The first kappa shape index (κ1) is 11.7. The minimum atomic E-state index is 0.550. The highest BCUT2D eigenvalue weighted by Crippen LogP contribution is 2.29. The van der Waals surface area contributed by atoms with Crippen molar-refractivity contribution in [2.24, 2.45) is 0 Å². The van der Waals surface area contributed by atoms with Crippen LogP contribution in [0.15, 0.2) is 18.2 Å². The average molecular weight is 240 g/mol. The fraction of sp³-hybridized carbons (Fsp3) is 0.538. The van der Waals surface area contributed by atoms with Gasteiger partial charge in [0.25, 0.3) is 0 Å². The molecule has 1 fully saturated rings. The van der Waals surface area contributed by atoms with Gasteiger partial charge in [-0.15, -0.1) is 0 Å². The lowest BCUT2D eigenvalue weighted by Crippen LogP contribution is -2.36. The molecule has 0 unspecified atom stereocenters. The second-order valence-electron chi connectivity index (χ2n) is 4.41. The Morgan fingerprint density at radius 3 is 2.62 bits per heavy atom. The number of nitrogens with zero attached hydrogens (tertiary/aromatic N) is 1. The van der Waals surface area contributed by atoms with Crippen LogP contribution in [0.2, 0.25) is 5.02 Å². The molecule has 0 radical (unpaired) electrons. The Bertz CT molecular complexity index is 361. The molecule has 1 heterocycles. The van der Waals surface area contributed by atoms with Crippen LogP contribution in [0.25, 0.3) is 0 Å². The van der Waals surface area contributed by atoms with E-state index in [1.807, 2.05) is 6.07 Å². The lowest BCUT2D eigenvalue weighted by Gasteiger charge is -2.33. The van der Waals surface area contributed by atoms with E-state index >= 15 is 0 Å². The Balaban J connectivity index is 2.15. The third-order valence-electron chi connectivity index (χ3n) is 3.22. The zero-order chi connectivity index (χ0) is 11.5. The first-order valence-corrected chi connectivity index (χ1v) is 6.13. The first-order chi connectivity index (χ1) is 7.68. The summed E-state index contributed by atoms with van der Waals surface area (Å²) in [5, 5.41) is 0.842. The summed E-state index contributed by atoms with van der Waals surface area (Å²) in [7, 11) is 2.12. The SMILES string of the molecule is Cc1ccc(N(C)C2CCOCC2)c(Cl)c1. The number of benzene rings is 1. The van der Waals surface area contributed by atoms with Crippen molar-refractivity contribution in [3.63, 3.8) is 0 Å². The lowest BCUT2D eigenvalue weighted by atomic mass is 10.1. The highest BCUT2D eigenvalue weighted by Gasteiger charge is 2.20. The quantitative estimate of drug-likeness (QED) is 0.786. The lowest BCUT2D eigenvalue weighted by molar-refractivity contribution is 0.0855. The van der Waals surface area contributed by atoms with Gasteiger partial charge in [-0.2, -0.15) is 0 Å². The molecule has 3 heteroatoms. The smallest absolute Gasteiger partial charge is 0.0642 e. The van der Waals surface area contributed by atoms with E-state index in [0.29, 0.717) is 6.04 Å². The summed E-state index contributed by atoms with van der Waals surface area (Å²) < 4.78 is 5.38. The standard InChI is InChI=1S/C13H18ClNO/c1-10-3-4-13(12(14)9-10)15(2)11-5-7-16-8-6-11/h3-4,9,11H,5-8H2,1-2H3. The van der Waals surface area contributed by atoms with Gasteiger partial charge in [0.1, 0.15) is 0 Å². The molecule has 0 N–H and O–H groups in total. The molecule has 1 saturated heterocycles. The number of halogens is 1. The Kier molecular flexibility index (Phi) is 3.72. The van der Waals surface area contributed by atoms with Crippen LogP contribution >= 0.6 is 11.6 Å². The number of anilines is 1. The third kappa shape index (κ3) is 2.50. The van der Waals surface area contributed by atoms with E-state index in [1.165, 1.54) is 5.56 Å². The molecule has 2 nitrogen and oxygen atoms in total. The van der Waals surface area contributed by atoms with E-state index in [0.717, 1.165) is 36.8 Å². The predicted molar refractivity (Wildman–Crippen MR) is 68.4 cm³/mol. The summed E-state index contributed by atoms with van der Waals surface area (Å²) in [5.41, 5.74) is 2.33. The molecular formula is C13H18ClNO. The maximum atomic E-state index is 6.27. The van der Waals surface area contributed by atoms with Gasteiger partial charge in [0.2, 0.25) is 0 Å². The molecule has 0 amide bonds. The van der Waals surface area contributed by atoms with Crippen molar-refractivity contribution in [2.75, 3.05) is 25.2 Å².